The van der Waals surface area contributed by atoms with Crippen molar-refractivity contribution in [1.82, 2.24) is 10.6 Å². The van der Waals surface area contributed by atoms with Gasteiger partial charge in [-0.05, 0) is 19.8 Å². The number of rotatable bonds is 18. The third-order valence-corrected chi connectivity index (χ3v) is 6.61. The number of fused-ring (bicyclic) bond motifs is 1. The minimum absolute atomic E-state index is 0.0718. The van der Waals surface area contributed by atoms with Crippen molar-refractivity contribution in [2.24, 2.45) is 0 Å². The highest BCUT2D eigenvalue weighted by Crippen LogP contribution is 2.33. The summed E-state index contributed by atoms with van der Waals surface area (Å²) in [7, 11) is 0. The van der Waals surface area contributed by atoms with Crippen LogP contribution in [0.2, 0.25) is 0 Å². The second-order valence-corrected chi connectivity index (χ2v) is 9.11. The zero-order valence-electron chi connectivity index (χ0n) is 19.3. The molecular formula is C22H36N2O8S. The molecule has 0 aromatic carbocycles. The first-order valence-electron chi connectivity index (χ1n) is 11.4. The SMILES string of the molecule is C=C(C)C(=O)OCCOCCOCCOCCOC(=O)CCCC[C@@H]1SC[C@@H]2NC(=O)N[C@@H]21. The maximum atomic E-state index is 11.8. The Morgan fingerprint density at radius 1 is 0.939 bits per heavy atom. The van der Waals surface area contributed by atoms with Crippen molar-refractivity contribution >= 4 is 29.7 Å². The highest BCUT2D eigenvalue weighted by Gasteiger charge is 2.42. The van der Waals surface area contributed by atoms with Crippen LogP contribution in [0, 0.1) is 0 Å². The molecule has 0 aromatic heterocycles. The number of amides is 2. The smallest absolute Gasteiger partial charge is 0.333 e. The first-order chi connectivity index (χ1) is 16.0. The Balaban J connectivity index is 1.30. The third-order valence-electron chi connectivity index (χ3n) is 5.10. The number of carbonyl (C=O) groups excluding carboxylic acids is 3. The Morgan fingerprint density at radius 2 is 1.55 bits per heavy atom. The van der Waals surface area contributed by atoms with Crippen LogP contribution in [-0.4, -0.2) is 93.9 Å². The zero-order chi connectivity index (χ0) is 23.9. The van der Waals surface area contributed by atoms with Gasteiger partial charge in [0.1, 0.15) is 13.2 Å². The predicted octanol–water partition coefficient (Wildman–Crippen LogP) is 1.42. The van der Waals surface area contributed by atoms with Crippen LogP contribution in [-0.2, 0) is 33.3 Å². The Bertz CT molecular complexity index is 648. The van der Waals surface area contributed by atoms with Gasteiger partial charge < -0.3 is 34.3 Å². The summed E-state index contributed by atoms with van der Waals surface area (Å²) in [5, 5.41) is 6.33. The van der Waals surface area contributed by atoms with Crippen LogP contribution >= 0.6 is 11.8 Å². The summed E-state index contributed by atoms with van der Waals surface area (Å²) in [6.45, 7) is 7.76. The number of urea groups is 1. The van der Waals surface area contributed by atoms with Gasteiger partial charge in [-0.2, -0.15) is 11.8 Å². The molecule has 33 heavy (non-hydrogen) atoms. The van der Waals surface area contributed by atoms with E-state index in [0.29, 0.717) is 56.9 Å². The molecule has 0 aliphatic carbocycles. The van der Waals surface area contributed by atoms with E-state index in [2.05, 4.69) is 17.2 Å². The number of hydrogen-bond donors (Lipinski definition) is 2. The van der Waals surface area contributed by atoms with Crippen molar-refractivity contribution in [2.45, 2.75) is 49.9 Å². The van der Waals surface area contributed by atoms with E-state index in [9.17, 15) is 14.4 Å². The van der Waals surface area contributed by atoms with E-state index in [4.69, 9.17) is 23.7 Å². The monoisotopic (exact) mass is 488 g/mol. The average molecular weight is 489 g/mol. The van der Waals surface area contributed by atoms with Crippen LogP contribution in [0.15, 0.2) is 12.2 Å². The number of esters is 2. The molecule has 2 saturated heterocycles. The number of nitrogens with one attached hydrogen (secondary N) is 2. The molecule has 0 spiro atoms. The predicted molar refractivity (Wildman–Crippen MR) is 123 cm³/mol. The molecule has 10 nitrogen and oxygen atoms in total. The standard InChI is InChI=1S/C22H36N2O8S/c1-16(2)21(26)32-14-12-30-10-8-28-7-9-29-11-13-31-19(25)6-4-3-5-18-20-17(15-33-18)23-22(27)24-20/h17-18,20H,1,3-15H2,2H3,(H2,23,24,27)/t17-,18-,20-/m0/s1. The van der Waals surface area contributed by atoms with Gasteiger partial charge in [-0.15, -0.1) is 0 Å². The average Bonchev–Trinajstić information content (AvgIpc) is 3.33. The second kappa shape index (κ2) is 15.9. The number of unbranched alkanes of at least 4 members (excludes halogenated alkanes) is 1. The van der Waals surface area contributed by atoms with Gasteiger partial charge in [0.2, 0.25) is 0 Å². The van der Waals surface area contributed by atoms with Crippen molar-refractivity contribution < 1.29 is 38.1 Å². The van der Waals surface area contributed by atoms with Crippen molar-refractivity contribution in [3.05, 3.63) is 12.2 Å². The number of thioether (sulfide) groups is 1. The molecule has 2 rings (SSSR count). The van der Waals surface area contributed by atoms with E-state index in [-0.39, 0.29) is 37.3 Å². The first-order valence-corrected chi connectivity index (χ1v) is 12.4. The first kappa shape index (κ1) is 27.4. The van der Waals surface area contributed by atoms with Crippen molar-refractivity contribution in [1.29, 1.82) is 0 Å². The summed E-state index contributed by atoms with van der Waals surface area (Å²) in [4.78, 5) is 34.3. The summed E-state index contributed by atoms with van der Waals surface area (Å²) in [6, 6.07) is 0.375. The summed E-state index contributed by atoms with van der Waals surface area (Å²) in [5.74, 6) is 0.311. The summed E-state index contributed by atoms with van der Waals surface area (Å²) in [6.07, 6.45) is 3.09. The molecule has 0 radical (unpaired) electrons. The fourth-order valence-corrected chi connectivity index (χ4v) is 4.95. The van der Waals surface area contributed by atoms with E-state index >= 15 is 0 Å². The van der Waals surface area contributed by atoms with E-state index in [1.807, 2.05) is 11.8 Å². The Morgan fingerprint density at radius 3 is 2.18 bits per heavy atom. The van der Waals surface area contributed by atoms with E-state index < -0.39 is 5.97 Å². The maximum absolute atomic E-state index is 11.8. The maximum Gasteiger partial charge on any atom is 0.333 e. The molecule has 11 heteroatoms. The molecule has 2 N–H and O–H groups in total. The van der Waals surface area contributed by atoms with Gasteiger partial charge in [0, 0.05) is 23.0 Å². The van der Waals surface area contributed by atoms with Crippen molar-refractivity contribution in [3.8, 4) is 0 Å². The minimum atomic E-state index is -0.423. The lowest BCUT2D eigenvalue weighted by Crippen LogP contribution is -2.36. The molecule has 2 amide bonds. The quantitative estimate of drug-likeness (QED) is 0.128. The molecule has 2 aliphatic heterocycles. The van der Waals surface area contributed by atoms with Crippen LogP contribution in [0.3, 0.4) is 0 Å². The Labute approximate surface area is 199 Å². The fraction of sp³-hybridized carbons (Fsp3) is 0.773. The number of carbonyl (C=O) groups is 3. The molecule has 0 bridgehead atoms. The normalized spacial score (nSPS) is 21.2. The molecule has 3 atom stereocenters. The second-order valence-electron chi connectivity index (χ2n) is 7.84. The summed E-state index contributed by atoms with van der Waals surface area (Å²) >= 11 is 1.88. The van der Waals surface area contributed by atoms with Gasteiger partial charge in [-0.25, -0.2) is 9.59 Å². The van der Waals surface area contributed by atoms with Gasteiger partial charge in [0.25, 0.3) is 0 Å². The molecular weight excluding hydrogens is 452 g/mol. The van der Waals surface area contributed by atoms with Crippen LogP contribution < -0.4 is 10.6 Å². The van der Waals surface area contributed by atoms with Crippen LogP contribution in [0.5, 0.6) is 0 Å². The van der Waals surface area contributed by atoms with Gasteiger partial charge in [-0.3, -0.25) is 4.79 Å². The van der Waals surface area contributed by atoms with Crippen molar-refractivity contribution in [2.75, 3.05) is 58.6 Å². The van der Waals surface area contributed by atoms with Gasteiger partial charge in [-0.1, -0.05) is 13.0 Å². The summed E-state index contributed by atoms with van der Waals surface area (Å²) in [5.41, 5.74) is 0.361. The van der Waals surface area contributed by atoms with Gasteiger partial charge in [0.05, 0.1) is 51.7 Å². The highest BCUT2D eigenvalue weighted by atomic mass is 32.2. The number of hydrogen-bond acceptors (Lipinski definition) is 9. The molecule has 0 unspecified atom stereocenters. The van der Waals surface area contributed by atoms with Gasteiger partial charge in [0.15, 0.2) is 0 Å². The molecule has 188 valence electrons. The lowest BCUT2D eigenvalue weighted by Gasteiger charge is -2.16. The topological polar surface area (TPSA) is 121 Å². The van der Waals surface area contributed by atoms with E-state index in [1.54, 1.807) is 6.92 Å². The zero-order valence-corrected chi connectivity index (χ0v) is 20.1. The molecule has 2 heterocycles. The fourth-order valence-electron chi connectivity index (χ4n) is 3.40. The largest absolute Gasteiger partial charge is 0.463 e. The number of ether oxygens (including phenoxy) is 5. The minimum Gasteiger partial charge on any atom is -0.463 e. The highest BCUT2D eigenvalue weighted by molar-refractivity contribution is 8.00. The molecule has 2 aliphatic rings. The molecule has 0 saturated carbocycles. The molecule has 0 aromatic rings. The van der Waals surface area contributed by atoms with E-state index in [0.717, 1.165) is 25.0 Å². The van der Waals surface area contributed by atoms with Crippen LogP contribution in [0.1, 0.15) is 32.6 Å². The van der Waals surface area contributed by atoms with Crippen LogP contribution in [0.25, 0.3) is 0 Å². The lowest BCUT2D eigenvalue weighted by molar-refractivity contribution is -0.145. The molecule has 2 fully saturated rings. The third kappa shape index (κ3) is 11.2. The Kier molecular flexibility index (Phi) is 13.2. The summed E-state index contributed by atoms with van der Waals surface area (Å²) < 4.78 is 26.1. The van der Waals surface area contributed by atoms with E-state index in [1.165, 1.54) is 0 Å². The van der Waals surface area contributed by atoms with Gasteiger partial charge >= 0.3 is 18.0 Å². The van der Waals surface area contributed by atoms with Crippen molar-refractivity contribution in [3.63, 3.8) is 0 Å². The Hall–Kier alpha value is -1.82. The lowest BCUT2D eigenvalue weighted by atomic mass is 10.0. The van der Waals surface area contributed by atoms with Crippen LogP contribution in [0.4, 0.5) is 4.79 Å².